The molecule has 0 spiro atoms. The molecule has 1 aromatic heterocycles. The van der Waals surface area contributed by atoms with Crippen molar-refractivity contribution in [2.45, 2.75) is 26.4 Å². The smallest absolute Gasteiger partial charge is 0.140 e. The molecular weight excluding hydrogens is 220 g/mol. The lowest BCUT2D eigenvalue weighted by Crippen LogP contribution is -2.18. The van der Waals surface area contributed by atoms with Crippen LogP contribution in [0, 0.1) is 0 Å². The number of nitrogens with zero attached hydrogens (tertiary/aromatic N) is 3. The predicted molar refractivity (Wildman–Crippen MR) is 64.7 cm³/mol. The molecule has 0 saturated carbocycles. The molecule has 0 aliphatic carbocycles. The van der Waals surface area contributed by atoms with Crippen LogP contribution in [0.25, 0.3) is 0 Å². The maximum atomic E-state index is 5.48. The lowest BCUT2D eigenvalue weighted by Gasteiger charge is -2.07. The van der Waals surface area contributed by atoms with Crippen LogP contribution in [-0.4, -0.2) is 48.2 Å². The number of rotatable bonds is 10. The summed E-state index contributed by atoms with van der Waals surface area (Å²) in [6, 6.07) is 0. The molecule has 0 amide bonds. The van der Waals surface area contributed by atoms with Gasteiger partial charge in [-0.25, -0.2) is 9.67 Å². The number of methoxy groups -OCH3 is 1. The van der Waals surface area contributed by atoms with Crippen molar-refractivity contribution in [1.82, 2.24) is 20.1 Å². The highest BCUT2D eigenvalue weighted by atomic mass is 16.5. The van der Waals surface area contributed by atoms with Gasteiger partial charge in [-0.15, -0.1) is 0 Å². The van der Waals surface area contributed by atoms with Crippen LogP contribution < -0.4 is 5.32 Å². The average molecular weight is 242 g/mol. The van der Waals surface area contributed by atoms with E-state index < -0.39 is 0 Å². The van der Waals surface area contributed by atoms with Gasteiger partial charge in [0.25, 0.3) is 0 Å². The van der Waals surface area contributed by atoms with E-state index in [1.165, 1.54) is 0 Å². The molecule has 1 heterocycles. The zero-order valence-corrected chi connectivity index (χ0v) is 10.7. The minimum absolute atomic E-state index is 0.659. The predicted octanol–water partition coefficient (Wildman–Crippen LogP) is 0.441. The van der Waals surface area contributed by atoms with Gasteiger partial charge in [0.05, 0.1) is 19.7 Å². The van der Waals surface area contributed by atoms with E-state index in [0.717, 1.165) is 45.1 Å². The van der Waals surface area contributed by atoms with Crippen LogP contribution in [0.4, 0.5) is 0 Å². The first-order valence-corrected chi connectivity index (χ1v) is 6.02. The third-order valence-electron chi connectivity index (χ3n) is 2.31. The van der Waals surface area contributed by atoms with Gasteiger partial charge in [0, 0.05) is 20.3 Å². The van der Waals surface area contributed by atoms with Gasteiger partial charge in [0.15, 0.2) is 0 Å². The van der Waals surface area contributed by atoms with Crippen molar-refractivity contribution in [1.29, 1.82) is 0 Å². The maximum absolute atomic E-state index is 5.48. The van der Waals surface area contributed by atoms with Crippen molar-refractivity contribution >= 4 is 0 Å². The Labute approximate surface area is 102 Å². The van der Waals surface area contributed by atoms with Gasteiger partial charge in [-0.3, -0.25) is 0 Å². The van der Waals surface area contributed by atoms with Crippen LogP contribution in [0.2, 0.25) is 0 Å². The standard InChI is InChI=1S/C11H22N4O2/c1-3-12-9-11-13-10-14-15(11)5-8-17-7-4-6-16-2/h10,12H,3-9H2,1-2H3. The monoisotopic (exact) mass is 242 g/mol. The molecule has 0 aliphatic rings. The Balaban J connectivity index is 2.15. The Morgan fingerprint density at radius 3 is 3.00 bits per heavy atom. The molecule has 0 fully saturated rings. The fourth-order valence-electron chi connectivity index (χ4n) is 1.41. The lowest BCUT2D eigenvalue weighted by molar-refractivity contribution is 0.0955. The van der Waals surface area contributed by atoms with Gasteiger partial charge in [-0.1, -0.05) is 6.92 Å². The molecular formula is C11H22N4O2. The van der Waals surface area contributed by atoms with E-state index in [0.29, 0.717) is 6.61 Å². The van der Waals surface area contributed by atoms with E-state index in [2.05, 4.69) is 22.3 Å². The highest BCUT2D eigenvalue weighted by molar-refractivity contribution is 4.83. The molecule has 0 bridgehead atoms. The first kappa shape index (κ1) is 14.1. The summed E-state index contributed by atoms with van der Waals surface area (Å²) in [6.45, 7) is 6.63. The first-order valence-electron chi connectivity index (χ1n) is 6.02. The summed E-state index contributed by atoms with van der Waals surface area (Å²) in [5.41, 5.74) is 0. The Morgan fingerprint density at radius 2 is 2.24 bits per heavy atom. The normalized spacial score (nSPS) is 10.9. The second-order valence-electron chi connectivity index (χ2n) is 3.64. The summed E-state index contributed by atoms with van der Waals surface area (Å²) < 4.78 is 12.3. The van der Waals surface area contributed by atoms with Crippen molar-refractivity contribution < 1.29 is 9.47 Å². The number of hydrogen-bond donors (Lipinski definition) is 1. The quantitative estimate of drug-likeness (QED) is 0.603. The highest BCUT2D eigenvalue weighted by Gasteiger charge is 2.02. The van der Waals surface area contributed by atoms with Crippen molar-refractivity contribution in [2.75, 3.05) is 33.5 Å². The van der Waals surface area contributed by atoms with Gasteiger partial charge in [-0.2, -0.15) is 5.10 Å². The van der Waals surface area contributed by atoms with Crippen molar-refractivity contribution in [3.63, 3.8) is 0 Å². The minimum atomic E-state index is 0.659. The van der Waals surface area contributed by atoms with E-state index in [9.17, 15) is 0 Å². The average Bonchev–Trinajstić information content (AvgIpc) is 2.78. The van der Waals surface area contributed by atoms with E-state index in [1.54, 1.807) is 13.4 Å². The van der Waals surface area contributed by atoms with Crippen LogP contribution >= 0.6 is 0 Å². The van der Waals surface area contributed by atoms with Crippen LogP contribution in [0.5, 0.6) is 0 Å². The second kappa shape index (κ2) is 9.09. The SMILES string of the molecule is CCNCc1ncnn1CCOCCCOC. The molecule has 6 heteroatoms. The Hall–Kier alpha value is -0.980. The lowest BCUT2D eigenvalue weighted by atomic mass is 10.5. The van der Waals surface area contributed by atoms with E-state index in [-0.39, 0.29) is 0 Å². The van der Waals surface area contributed by atoms with Crippen molar-refractivity contribution in [3.05, 3.63) is 12.2 Å². The largest absolute Gasteiger partial charge is 0.385 e. The summed E-state index contributed by atoms with van der Waals surface area (Å²) in [5, 5.41) is 7.39. The summed E-state index contributed by atoms with van der Waals surface area (Å²) in [7, 11) is 1.70. The summed E-state index contributed by atoms with van der Waals surface area (Å²) in [4.78, 5) is 4.20. The molecule has 6 nitrogen and oxygen atoms in total. The third kappa shape index (κ3) is 5.76. The fourth-order valence-corrected chi connectivity index (χ4v) is 1.41. The molecule has 1 aromatic rings. The summed E-state index contributed by atoms with van der Waals surface area (Å²) >= 11 is 0. The van der Waals surface area contributed by atoms with E-state index in [1.807, 2.05) is 4.68 Å². The molecule has 1 rings (SSSR count). The molecule has 0 unspecified atom stereocenters. The van der Waals surface area contributed by atoms with Crippen LogP contribution in [0.15, 0.2) is 6.33 Å². The number of hydrogen-bond acceptors (Lipinski definition) is 5. The molecule has 0 radical (unpaired) electrons. The Kier molecular flexibility index (Phi) is 7.53. The van der Waals surface area contributed by atoms with Gasteiger partial charge in [0.2, 0.25) is 0 Å². The number of ether oxygens (including phenoxy) is 2. The van der Waals surface area contributed by atoms with E-state index in [4.69, 9.17) is 9.47 Å². The maximum Gasteiger partial charge on any atom is 0.140 e. The van der Waals surface area contributed by atoms with Crippen LogP contribution in [-0.2, 0) is 22.6 Å². The summed E-state index contributed by atoms with van der Waals surface area (Å²) in [6.07, 6.45) is 2.51. The molecule has 0 aliphatic heterocycles. The highest BCUT2D eigenvalue weighted by Crippen LogP contribution is 1.94. The van der Waals surface area contributed by atoms with Crippen LogP contribution in [0.1, 0.15) is 19.2 Å². The van der Waals surface area contributed by atoms with Gasteiger partial charge < -0.3 is 14.8 Å². The fraction of sp³-hybridized carbons (Fsp3) is 0.818. The zero-order valence-electron chi connectivity index (χ0n) is 10.7. The van der Waals surface area contributed by atoms with Crippen LogP contribution in [0.3, 0.4) is 0 Å². The topological polar surface area (TPSA) is 61.2 Å². The molecule has 17 heavy (non-hydrogen) atoms. The van der Waals surface area contributed by atoms with Gasteiger partial charge >= 0.3 is 0 Å². The molecule has 98 valence electrons. The second-order valence-corrected chi connectivity index (χ2v) is 3.64. The van der Waals surface area contributed by atoms with Gasteiger partial charge in [0.1, 0.15) is 12.2 Å². The van der Waals surface area contributed by atoms with Gasteiger partial charge in [-0.05, 0) is 13.0 Å². The zero-order chi connectivity index (χ0) is 12.3. The molecule has 1 N–H and O–H groups in total. The third-order valence-corrected chi connectivity index (χ3v) is 2.31. The Bertz CT molecular complexity index is 291. The summed E-state index contributed by atoms with van der Waals surface area (Å²) in [5.74, 6) is 0.951. The molecule has 0 saturated heterocycles. The number of aromatic nitrogens is 3. The Morgan fingerprint density at radius 1 is 1.35 bits per heavy atom. The first-order chi connectivity index (χ1) is 8.38. The molecule has 0 atom stereocenters. The van der Waals surface area contributed by atoms with Crippen molar-refractivity contribution in [2.24, 2.45) is 0 Å². The number of nitrogens with one attached hydrogen (secondary N) is 1. The molecule has 0 aromatic carbocycles. The van der Waals surface area contributed by atoms with Crippen molar-refractivity contribution in [3.8, 4) is 0 Å². The van der Waals surface area contributed by atoms with E-state index >= 15 is 0 Å². The minimum Gasteiger partial charge on any atom is -0.385 e.